The molecule has 28 heavy (non-hydrogen) atoms. The summed E-state index contributed by atoms with van der Waals surface area (Å²) in [4.78, 5) is 12.3. The number of benzene rings is 1. The van der Waals surface area contributed by atoms with Crippen molar-refractivity contribution in [3.05, 3.63) is 33.7 Å². The van der Waals surface area contributed by atoms with Crippen LogP contribution >= 0.6 is 0 Å². The molecule has 1 saturated heterocycles. The highest BCUT2D eigenvalue weighted by Crippen LogP contribution is 2.37. The van der Waals surface area contributed by atoms with E-state index < -0.39 is 42.9 Å². The topological polar surface area (TPSA) is 150 Å². The maximum absolute atomic E-state index is 12.3. The molecule has 2 aromatic rings. The van der Waals surface area contributed by atoms with E-state index in [-0.39, 0.29) is 17.1 Å². The van der Waals surface area contributed by atoms with Crippen molar-refractivity contribution in [3.8, 4) is 11.5 Å². The average Bonchev–Trinajstić information content (AvgIpc) is 2.70. The van der Waals surface area contributed by atoms with E-state index in [9.17, 15) is 30.3 Å². The first kappa shape index (κ1) is 19.2. The second-order valence-electron chi connectivity index (χ2n) is 7.18. The van der Waals surface area contributed by atoms with Gasteiger partial charge in [-0.05, 0) is 37.3 Å². The van der Waals surface area contributed by atoms with E-state index in [1.54, 1.807) is 0 Å². The van der Waals surface area contributed by atoms with Gasteiger partial charge in [0, 0.05) is 17.0 Å². The fourth-order valence-electron chi connectivity index (χ4n) is 3.84. The Morgan fingerprint density at radius 2 is 1.75 bits per heavy atom. The van der Waals surface area contributed by atoms with Gasteiger partial charge in [0.25, 0.3) is 0 Å². The normalized spacial score (nSPS) is 30.2. The highest BCUT2D eigenvalue weighted by Gasteiger charge is 2.45. The first-order valence-electron chi connectivity index (χ1n) is 9.19. The summed E-state index contributed by atoms with van der Waals surface area (Å²) in [5.74, 6) is -0.387. The number of aryl methyl sites for hydroxylation is 1. The van der Waals surface area contributed by atoms with Gasteiger partial charge in [0.05, 0.1) is 6.61 Å². The molecule has 1 aromatic carbocycles. The van der Waals surface area contributed by atoms with E-state index >= 15 is 0 Å². The summed E-state index contributed by atoms with van der Waals surface area (Å²) >= 11 is 0. The van der Waals surface area contributed by atoms with Gasteiger partial charge in [0.2, 0.25) is 6.29 Å². The molecule has 1 aliphatic heterocycles. The van der Waals surface area contributed by atoms with Crippen molar-refractivity contribution < 1.29 is 39.4 Å². The van der Waals surface area contributed by atoms with Gasteiger partial charge >= 0.3 is 5.63 Å². The molecular weight excluding hydrogens is 372 g/mol. The zero-order chi connectivity index (χ0) is 20.0. The molecule has 1 aromatic heterocycles. The third-order valence-corrected chi connectivity index (χ3v) is 5.39. The van der Waals surface area contributed by atoms with Crippen LogP contribution in [0.15, 0.2) is 21.3 Å². The molecular formula is C19H22O9. The smallest absolute Gasteiger partial charge is 0.339 e. The van der Waals surface area contributed by atoms with Gasteiger partial charge in [-0.1, -0.05) is 0 Å². The number of hydrogen-bond donors (Lipinski definition) is 5. The largest absolute Gasteiger partial charge is 0.504 e. The van der Waals surface area contributed by atoms with Crippen molar-refractivity contribution in [2.24, 2.45) is 0 Å². The predicted molar refractivity (Wildman–Crippen MR) is 95.2 cm³/mol. The van der Waals surface area contributed by atoms with Crippen LogP contribution in [0.2, 0.25) is 0 Å². The fraction of sp³-hybridized carbons (Fsp3) is 0.526. The Kier molecular flexibility index (Phi) is 5.02. The monoisotopic (exact) mass is 394 g/mol. The minimum atomic E-state index is -1.62. The first-order valence-corrected chi connectivity index (χ1v) is 9.19. The Bertz CT molecular complexity index is 935. The summed E-state index contributed by atoms with van der Waals surface area (Å²) in [6, 6.07) is 2.75. The predicted octanol–water partition coefficient (Wildman–Crippen LogP) is -0.444. The van der Waals surface area contributed by atoms with Crippen LogP contribution in [0.1, 0.15) is 24.0 Å². The Labute approximate surface area is 159 Å². The molecule has 5 N–H and O–H groups in total. The summed E-state index contributed by atoms with van der Waals surface area (Å²) in [6.45, 7) is -0.602. The first-order chi connectivity index (χ1) is 13.4. The highest BCUT2D eigenvalue weighted by molar-refractivity contribution is 5.85. The van der Waals surface area contributed by atoms with Crippen molar-refractivity contribution in [3.63, 3.8) is 0 Å². The van der Waals surface area contributed by atoms with Gasteiger partial charge in [-0.25, -0.2) is 4.79 Å². The lowest BCUT2D eigenvalue weighted by Gasteiger charge is -2.39. The number of aliphatic hydroxyl groups excluding tert-OH is 4. The number of aromatic hydroxyl groups is 1. The maximum Gasteiger partial charge on any atom is 0.339 e. The minimum Gasteiger partial charge on any atom is -0.504 e. The second-order valence-corrected chi connectivity index (χ2v) is 7.18. The minimum absolute atomic E-state index is 0.129. The van der Waals surface area contributed by atoms with Crippen LogP contribution in [-0.4, -0.2) is 62.8 Å². The fourth-order valence-corrected chi connectivity index (χ4v) is 3.84. The SMILES string of the molecule is O=c1oc2cc(O[C@@H]3O[C@H](CO)[C@@H](O)[C@H](O)[C@H]3O)c(O)cc2c2c1CCCC2. The lowest BCUT2D eigenvalue weighted by atomic mass is 9.90. The number of hydrogen-bond acceptors (Lipinski definition) is 9. The molecule has 0 unspecified atom stereocenters. The number of phenolic OH excluding ortho intramolecular Hbond substituents is 1. The maximum atomic E-state index is 12.3. The number of fused-ring (bicyclic) bond motifs is 3. The quantitative estimate of drug-likeness (QED) is 0.436. The van der Waals surface area contributed by atoms with Gasteiger partial charge in [0.1, 0.15) is 30.0 Å². The molecule has 2 heterocycles. The molecule has 2 aliphatic rings. The Hall–Kier alpha value is -2.17. The summed E-state index contributed by atoms with van der Waals surface area (Å²) in [7, 11) is 0. The zero-order valence-corrected chi connectivity index (χ0v) is 14.9. The summed E-state index contributed by atoms with van der Waals surface area (Å²) in [5, 5.41) is 50.1. The van der Waals surface area contributed by atoms with E-state index in [2.05, 4.69) is 0 Å². The highest BCUT2D eigenvalue weighted by atomic mass is 16.7. The molecule has 0 spiro atoms. The van der Waals surface area contributed by atoms with E-state index in [4.69, 9.17) is 13.9 Å². The van der Waals surface area contributed by atoms with Crippen LogP contribution in [0.4, 0.5) is 0 Å². The van der Waals surface area contributed by atoms with E-state index in [1.807, 2.05) is 0 Å². The van der Waals surface area contributed by atoms with Crippen LogP contribution in [0, 0.1) is 0 Å². The summed E-state index contributed by atoms with van der Waals surface area (Å²) in [6.07, 6.45) is -4.15. The standard InChI is InChI=1S/C19H22O9/c20-7-14-15(22)16(23)17(24)19(28-14)27-13-6-12-10(5-11(13)21)8-3-1-2-4-9(8)18(25)26-12/h5-6,14-17,19-24H,1-4,7H2/t14-,15-,16+,17-,19-/m1/s1. The Balaban J connectivity index is 1.70. The van der Waals surface area contributed by atoms with Crippen molar-refractivity contribution in [1.82, 2.24) is 0 Å². The van der Waals surface area contributed by atoms with Crippen molar-refractivity contribution >= 4 is 11.0 Å². The third kappa shape index (κ3) is 3.15. The molecule has 0 amide bonds. The van der Waals surface area contributed by atoms with Crippen LogP contribution in [-0.2, 0) is 17.6 Å². The molecule has 5 atom stereocenters. The molecule has 0 radical (unpaired) electrons. The van der Waals surface area contributed by atoms with Crippen molar-refractivity contribution in [2.75, 3.05) is 6.61 Å². The molecule has 152 valence electrons. The molecule has 4 rings (SSSR count). The summed E-state index contributed by atoms with van der Waals surface area (Å²) < 4.78 is 16.1. The van der Waals surface area contributed by atoms with E-state index in [0.29, 0.717) is 23.8 Å². The van der Waals surface area contributed by atoms with Crippen LogP contribution < -0.4 is 10.4 Å². The number of aliphatic hydroxyl groups is 4. The van der Waals surface area contributed by atoms with Gasteiger partial charge in [-0.2, -0.15) is 0 Å². The van der Waals surface area contributed by atoms with Gasteiger partial charge in [-0.3, -0.25) is 0 Å². The molecule has 9 heteroatoms. The lowest BCUT2D eigenvalue weighted by Crippen LogP contribution is -2.60. The summed E-state index contributed by atoms with van der Waals surface area (Å²) in [5.41, 5.74) is 1.28. The number of phenols is 1. The van der Waals surface area contributed by atoms with Crippen LogP contribution in [0.3, 0.4) is 0 Å². The third-order valence-electron chi connectivity index (χ3n) is 5.39. The molecule has 0 saturated carbocycles. The van der Waals surface area contributed by atoms with E-state index in [1.165, 1.54) is 12.1 Å². The van der Waals surface area contributed by atoms with Crippen molar-refractivity contribution in [2.45, 2.75) is 56.4 Å². The average molecular weight is 394 g/mol. The zero-order valence-electron chi connectivity index (χ0n) is 14.9. The number of rotatable bonds is 3. The van der Waals surface area contributed by atoms with Gasteiger partial charge in [0.15, 0.2) is 11.5 Å². The Morgan fingerprint density at radius 1 is 1.04 bits per heavy atom. The lowest BCUT2D eigenvalue weighted by molar-refractivity contribution is -0.277. The molecule has 9 nitrogen and oxygen atoms in total. The van der Waals surface area contributed by atoms with Gasteiger partial charge in [-0.15, -0.1) is 0 Å². The second kappa shape index (κ2) is 7.34. The van der Waals surface area contributed by atoms with Gasteiger partial charge < -0.3 is 39.4 Å². The molecule has 1 aliphatic carbocycles. The van der Waals surface area contributed by atoms with Crippen LogP contribution in [0.25, 0.3) is 11.0 Å². The Morgan fingerprint density at radius 3 is 2.46 bits per heavy atom. The van der Waals surface area contributed by atoms with E-state index in [0.717, 1.165) is 18.4 Å². The molecule has 0 bridgehead atoms. The number of ether oxygens (including phenoxy) is 2. The molecule has 1 fully saturated rings. The van der Waals surface area contributed by atoms with Crippen molar-refractivity contribution in [1.29, 1.82) is 0 Å². The van der Waals surface area contributed by atoms with Crippen LogP contribution in [0.5, 0.6) is 11.5 Å².